The molecule has 0 heterocycles. The molecule has 1 N–H and O–H groups in total. The fourth-order valence-corrected chi connectivity index (χ4v) is 2.58. The Balaban J connectivity index is 1.83. The predicted molar refractivity (Wildman–Crippen MR) is 93.1 cm³/mol. The van der Waals surface area contributed by atoms with Crippen LogP contribution in [0.1, 0.15) is 13.3 Å². The highest BCUT2D eigenvalue weighted by Crippen LogP contribution is 2.16. The topological polar surface area (TPSA) is 55.4 Å². The van der Waals surface area contributed by atoms with E-state index in [9.17, 15) is 9.00 Å². The Bertz CT molecular complexity index is 673. The van der Waals surface area contributed by atoms with Crippen LogP contribution in [0.3, 0.4) is 0 Å². The van der Waals surface area contributed by atoms with Gasteiger partial charge in [0.1, 0.15) is 5.75 Å². The van der Waals surface area contributed by atoms with E-state index in [1.165, 1.54) is 0 Å². The highest BCUT2D eigenvalue weighted by Gasteiger charge is 2.13. The van der Waals surface area contributed by atoms with Crippen molar-refractivity contribution < 1.29 is 13.7 Å². The van der Waals surface area contributed by atoms with Crippen LogP contribution >= 0.6 is 0 Å². The normalized spacial score (nSPS) is 13.1. The summed E-state index contributed by atoms with van der Waals surface area (Å²) in [5.41, 5.74) is 0.665. The van der Waals surface area contributed by atoms with Crippen LogP contribution in [-0.2, 0) is 15.6 Å². The van der Waals surface area contributed by atoms with E-state index in [0.29, 0.717) is 23.6 Å². The summed E-state index contributed by atoms with van der Waals surface area (Å²) in [6, 6.07) is 16.6. The van der Waals surface area contributed by atoms with Gasteiger partial charge in [-0.1, -0.05) is 31.2 Å². The molecule has 0 aliphatic heterocycles. The van der Waals surface area contributed by atoms with Crippen molar-refractivity contribution in [1.29, 1.82) is 0 Å². The van der Waals surface area contributed by atoms with Gasteiger partial charge in [-0.25, -0.2) is 0 Å². The van der Waals surface area contributed by atoms with Crippen LogP contribution < -0.4 is 10.1 Å². The number of carbonyl (C=O) groups excluding carboxylic acids is 1. The standard InChI is InChI=1S/C18H21NO3S/c1-14(11-12-22-16-8-4-3-5-9-16)18(20)19-15-7-6-10-17(13-15)23(2)21/h3-10,13-14H,11-12H2,1-2H3,(H,19,20)/t14-,23-/m1/s1. The molecular formula is C18H21NO3S. The van der Waals surface area contributed by atoms with E-state index in [1.54, 1.807) is 30.5 Å². The Morgan fingerprint density at radius 3 is 2.61 bits per heavy atom. The van der Waals surface area contributed by atoms with Gasteiger partial charge >= 0.3 is 0 Å². The van der Waals surface area contributed by atoms with Crippen LogP contribution in [0.15, 0.2) is 59.5 Å². The molecule has 23 heavy (non-hydrogen) atoms. The maximum atomic E-state index is 12.2. The maximum Gasteiger partial charge on any atom is 0.227 e. The lowest BCUT2D eigenvalue weighted by molar-refractivity contribution is -0.119. The van der Waals surface area contributed by atoms with Gasteiger partial charge in [0.2, 0.25) is 5.91 Å². The fraction of sp³-hybridized carbons (Fsp3) is 0.278. The Morgan fingerprint density at radius 2 is 1.91 bits per heavy atom. The summed E-state index contributed by atoms with van der Waals surface area (Å²) >= 11 is 0. The second-order valence-corrected chi connectivity index (χ2v) is 6.70. The van der Waals surface area contributed by atoms with Crippen molar-refractivity contribution in [3.05, 3.63) is 54.6 Å². The Kier molecular flexibility index (Phi) is 6.35. The summed E-state index contributed by atoms with van der Waals surface area (Å²) in [6.45, 7) is 2.35. The molecule has 0 aromatic heterocycles. The van der Waals surface area contributed by atoms with E-state index in [0.717, 1.165) is 5.75 Å². The lowest BCUT2D eigenvalue weighted by Gasteiger charge is -2.13. The largest absolute Gasteiger partial charge is 0.494 e. The van der Waals surface area contributed by atoms with Crippen molar-refractivity contribution in [3.8, 4) is 5.75 Å². The second-order valence-electron chi connectivity index (χ2n) is 5.32. The molecule has 0 fully saturated rings. The van der Waals surface area contributed by atoms with Gasteiger partial charge in [-0.2, -0.15) is 0 Å². The lowest BCUT2D eigenvalue weighted by Crippen LogP contribution is -2.22. The molecule has 0 saturated carbocycles. The number of nitrogens with one attached hydrogen (secondary N) is 1. The number of ether oxygens (including phenoxy) is 1. The van der Waals surface area contributed by atoms with Gasteiger partial charge in [0.15, 0.2) is 0 Å². The lowest BCUT2D eigenvalue weighted by atomic mass is 10.1. The average molecular weight is 331 g/mol. The molecule has 2 rings (SSSR count). The van der Waals surface area contributed by atoms with Gasteiger partial charge in [0, 0.05) is 33.6 Å². The second kappa shape index (κ2) is 8.48. The third-order valence-corrected chi connectivity index (χ3v) is 4.36. The van der Waals surface area contributed by atoms with Crippen LogP contribution in [0.2, 0.25) is 0 Å². The number of hydrogen-bond acceptors (Lipinski definition) is 3. The van der Waals surface area contributed by atoms with Crippen molar-refractivity contribution in [2.24, 2.45) is 5.92 Å². The summed E-state index contributed by atoms with van der Waals surface area (Å²) in [7, 11) is -1.06. The smallest absolute Gasteiger partial charge is 0.227 e. The number of benzene rings is 2. The minimum Gasteiger partial charge on any atom is -0.494 e. The third kappa shape index (κ3) is 5.53. The number of carbonyl (C=O) groups is 1. The molecule has 2 atom stereocenters. The minimum atomic E-state index is -1.06. The van der Waals surface area contributed by atoms with E-state index in [-0.39, 0.29) is 11.8 Å². The molecule has 0 unspecified atom stereocenters. The van der Waals surface area contributed by atoms with Crippen molar-refractivity contribution in [2.45, 2.75) is 18.2 Å². The molecule has 2 aromatic carbocycles. The summed E-state index contributed by atoms with van der Waals surface area (Å²) in [5.74, 6) is 0.563. The third-order valence-electron chi connectivity index (χ3n) is 3.44. The zero-order chi connectivity index (χ0) is 16.7. The highest BCUT2D eigenvalue weighted by atomic mass is 32.2. The number of amides is 1. The summed E-state index contributed by atoms with van der Waals surface area (Å²) < 4.78 is 17.1. The molecule has 0 bridgehead atoms. The first-order chi connectivity index (χ1) is 11.1. The van der Waals surface area contributed by atoms with E-state index < -0.39 is 10.8 Å². The van der Waals surface area contributed by atoms with Gasteiger partial charge < -0.3 is 10.1 Å². The van der Waals surface area contributed by atoms with E-state index in [2.05, 4.69) is 5.32 Å². The molecule has 5 heteroatoms. The van der Waals surface area contributed by atoms with Gasteiger partial charge in [0.25, 0.3) is 0 Å². The van der Waals surface area contributed by atoms with Crippen molar-refractivity contribution in [3.63, 3.8) is 0 Å². The summed E-state index contributed by atoms with van der Waals surface area (Å²) in [4.78, 5) is 12.9. The summed E-state index contributed by atoms with van der Waals surface area (Å²) in [5, 5.41) is 2.86. The van der Waals surface area contributed by atoms with Crippen LogP contribution in [0.5, 0.6) is 5.75 Å². The Morgan fingerprint density at radius 1 is 1.17 bits per heavy atom. The molecule has 0 saturated heterocycles. The molecule has 0 aliphatic carbocycles. The molecule has 0 spiro atoms. The number of hydrogen-bond donors (Lipinski definition) is 1. The van der Waals surface area contributed by atoms with Gasteiger partial charge in [0.05, 0.1) is 6.61 Å². The first kappa shape index (κ1) is 17.2. The molecule has 2 aromatic rings. The Hall–Kier alpha value is -2.14. The van der Waals surface area contributed by atoms with Crippen LogP contribution in [0, 0.1) is 5.92 Å². The number of anilines is 1. The molecule has 1 amide bonds. The quantitative estimate of drug-likeness (QED) is 0.845. The molecule has 0 aliphatic rings. The Labute approximate surface area is 139 Å². The van der Waals surface area contributed by atoms with Crippen LogP contribution in [-0.4, -0.2) is 23.0 Å². The minimum absolute atomic E-state index is 0.0688. The zero-order valence-corrected chi connectivity index (χ0v) is 14.1. The van der Waals surface area contributed by atoms with Crippen molar-refractivity contribution in [1.82, 2.24) is 0 Å². The van der Waals surface area contributed by atoms with E-state index in [1.807, 2.05) is 37.3 Å². The predicted octanol–water partition coefficient (Wildman–Crippen LogP) is 3.47. The molecular weight excluding hydrogens is 310 g/mol. The fourth-order valence-electron chi connectivity index (χ4n) is 2.02. The monoisotopic (exact) mass is 331 g/mol. The average Bonchev–Trinajstić information content (AvgIpc) is 2.56. The van der Waals surface area contributed by atoms with E-state index >= 15 is 0 Å². The zero-order valence-electron chi connectivity index (χ0n) is 13.3. The van der Waals surface area contributed by atoms with Gasteiger partial charge in [-0.3, -0.25) is 9.00 Å². The first-order valence-electron chi connectivity index (χ1n) is 7.48. The first-order valence-corrected chi connectivity index (χ1v) is 9.04. The SMILES string of the molecule is C[C@H](CCOc1ccccc1)C(=O)Nc1cccc([S@@](C)=O)c1. The number of rotatable bonds is 7. The summed E-state index contributed by atoms with van der Waals surface area (Å²) in [6.07, 6.45) is 2.24. The highest BCUT2D eigenvalue weighted by molar-refractivity contribution is 7.84. The van der Waals surface area contributed by atoms with Gasteiger partial charge in [-0.05, 0) is 36.8 Å². The van der Waals surface area contributed by atoms with E-state index in [4.69, 9.17) is 4.74 Å². The maximum absolute atomic E-state index is 12.2. The molecule has 4 nitrogen and oxygen atoms in total. The van der Waals surface area contributed by atoms with Gasteiger partial charge in [-0.15, -0.1) is 0 Å². The van der Waals surface area contributed by atoms with Crippen molar-refractivity contribution in [2.75, 3.05) is 18.2 Å². The molecule has 122 valence electrons. The van der Waals surface area contributed by atoms with Crippen LogP contribution in [0.25, 0.3) is 0 Å². The van der Waals surface area contributed by atoms with Crippen molar-refractivity contribution >= 4 is 22.4 Å². The molecule has 0 radical (unpaired) electrons. The van der Waals surface area contributed by atoms with Crippen LogP contribution in [0.4, 0.5) is 5.69 Å². The number of para-hydroxylation sites is 1.